The van der Waals surface area contributed by atoms with E-state index < -0.39 is 18.2 Å². The molecule has 3 rings (SSSR count). The Balaban J connectivity index is 1.47. The molecule has 0 saturated carbocycles. The summed E-state index contributed by atoms with van der Waals surface area (Å²) in [5.74, 6) is -0.362. The molecule has 0 aliphatic carbocycles. The number of amides is 1. The number of ether oxygens (including phenoxy) is 2. The predicted octanol–water partition coefficient (Wildman–Crippen LogP) is 2.61. The highest BCUT2D eigenvalue weighted by Crippen LogP contribution is 2.17. The summed E-state index contributed by atoms with van der Waals surface area (Å²) in [6.07, 6.45) is -1.75. The van der Waals surface area contributed by atoms with Crippen LogP contribution in [0.3, 0.4) is 0 Å². The van der Waals surface area contributed by atoms with Gasteiger partial charge in [0, 0.05) is 31.9 Å². The number of hydrogen-bond donors (Lipinski definition) is 0. The zero-order valence-corrected chi connectivity index (χ0v) is 17.2. The molecule has 1 heterocycles. The first-order chi connectivity index (χ1) is 14.5. The fourth-order valence-corrected chi connectivity index (χ4v) is 3.26. The smallest absolute Gasteiger partial charge is 0.347 e. The Labute approximate surface area is 176 Å². The van der Waals surface area contributed by atoms with Crippen LogP contribution in [0, 0.1) is 11.3 Å². The first kappa shape index (κ1) is 21.2. The van der Waals surface area contributed by atoms with Gasteiger partial charge in [0.15, 0.2) is 12.2 Å². The maximum atomic E-state index is 12.7. The number of hydrogen-bond acceptors (Lipinski definition) is 6. The molecule has 7 heteroatoms. The predicted molar refractivity (Wildman–Crippen MR) is 112 cm³/mol. The van der Waals surface area contributed by atoms with Crippen molar-refractivity contribution < 1.29 is 19.1 Å². The van der Waals surface area contributed by atoms with Crippen LogP contribution in [0.25, 0.3) is 0 Å². The van der Waals surface area contributed by atoms with Crippen LogP contribution < -0.4 is 9.64 Å². The molecule has 1 aliphatic rings. The minimum atomic E-state index is -0.882. The molecule has 0 radical (unpaired) electrons. The zero-order chi connectivity index (χ0) is 21.5. The highest BCUT2D eigenvalue weighted by Gasteiger charge is 2.29. The van der Waals surface area contributed by atoms with Gasteiger partial charge in [-0.05, 0) is 50.2 Å². The fourth-order valence-electron chi connectivity index (χ4n) is 3.26. The fraction of sp³-hybridized carbons (Fsp3) is 0.348. The second-order valence-corrected chi connectivity index (χ2v) is 7.12. The van der Waals surface area contributed by atoms with E-state index in [0.29, 0.717) is 24.4 Å². The van der Waals surface area contributed by atoms with Crippen LogP contribution in [0.15, 0.2) is 54.6 Å². The van der Waals surface area contributed by atoms with E-state index in [-0.39, 0.29) is 5.91 Å². The van der Waals surface area contributed by atoms with E-state index >= 15 is 0 Å². The van der Waals surface area contributed by atoms with Gasteiger partial charge in [-0.2, -0.15) is 5.26 Å². The Morgan fingerprint density at radius 1 is 0.933 bits per heavy atom. The van der Waals surface area contributed by atoms with Gasteiger partial charge in [-0.1, -0.05) is 18.2 Å². The highest BCUT2D eigenvalue weighted by molar-refractivity contribution is 5.84. The summed E-state index contributed by atoms with van der Waals surface area (Å²) in [6, 6.07) is 18.5. The van der Waals surface area contributed by atoms with Gasteiger partial charge >= 0.3 is 5.97 Å². The van der Waals surface area contributed by atoms with Gasteiger partial charge in [0.05, 0.1) is 11.6 Å². The van der Waals surface area contributed by atoms with Gasteiger partial charge in [-0.25, -0.2) is 4.79 Å². The van der Waals surface area contributed by atoms with Crippen molar-refractivity contribution in [1.82, 2.24) is 4.90 Å². The number of para-hydroxylation sites is 1. The Bertz CT molecular complexity index is 900. The van der Waals surface area contributed by atoms with Gasteiger partial charge in [-0.3, -0.25) is 4.79 Å². The van der Waals surface area contributed by atoms with Crippen molar-refractivity contribution in [2.45, 2.75) is 26.1 Å². The van der Waals surface area contributed by atoms with Crippen molar-refractivity contribution in [3.8, 4) is 11.8 Å². The quantitative estimate of drug-likeness (QED) is 0.685. The van der Waals surface area contributed by atoms with E-state index in [9.17, 15) is 9.59 Å². The summed E-state index contributed by atoms with van der Waals surface area (Å²) in [5, 5.41) is 8.83. The number of benzene rings is 2. The molecular formula is C23H25N3O4. The lowest BCUT2D eigenvalue weighted by molar-refractivity contribution is -0.164. The Morgan fingerprint density at radius 2 is 1.57 bits per heavy atom. The molecule has 7 nitrogen and oxygen atoms in total. The lowest BCUT2D eigenvalue weighted by atomic mass is 10.2. The van der Waals surface area contributed by atoms with Crippen LogP contribution in [-0.4, -0.2) is 55.2 Å². The SMILES string of the molecule is C[C@H](Oc1ccc(C#N)cc1)C(=O)O[C@H](C)C(=O)N1CCN(c2ccccc2)CC1. The van der Waals surface area contributed by atoms with E-state index in [0.717, 1.165) is 18.8 Å². The Hall–Kier alpha value is -3.53. The maximum absolute atomic E-state index is 12.7. The highest BCUT2D eigenvalue weighted by atomic mass is 16.6. The lowest BCUT2D eigenvalue weighted by Crippen LogP contribution is -2.52. The number of carbonyl (C=O) groups is 2. The molecule has 0 spiro atoms. The minimum Gasteiger partial charge on any atom is -0.479 e. The Kier molecular flexibility index (Phi) is 6.91. The molecule has 0 N–H and O–H groups in total. The van der Waals surface area contributed by atoms with Crippen molar-refractivity contribution >= 4 is 17.6 Å². The van der Waals surface area contributed by atoms with Crippen molar-refractivity contribution in [2.24, 2.45) is 0 Å². The molecule has 0 bridgehead atoms. The normalized spacial score (nSPS) is 15.6. The van der Waals surface area contributed by atoms with E-state index in [4.69, 9.17) is 14.7 Å². The Morgan fingerprint density at radius 3 is 2.17 bits per heavy atom. The molecule has 1 aliphatic heterocycles. The zero-order valence-electron chi connectivity index (χ0n) is 17.2. The van der Waals surface area contributed by atoms with Crippen LogP contribution in [-0.2, 0) is 14.3 Å². The summed E-state index contributed by atoms with van der Waals surface area (Å²) in [6.45, 7) is 5.76. The number of piperazine rings is 1. The molecule has 0 aromatic heterocycles. The molecule has 0 unspecified atom stereocenters. The molecule has 1 saturated heterocycles. The first-order valence-electron chi connectivity index (χ1n) is 9.94. The van der Waals surface area contributed by atoms with Crippen molar-refractivity contribution in [2.75, 3.05) is 31.1 Å². The van der Waals surface area contributed by atoms with Crippen LogP contribution in [0.2, 0.25) is 0 Å². The summed E-state index contributed by atoms with van der Waals surface area (Å²) in [4.78, 5) is 29.0. The third-order valence-corrected chi connectivity index (χ3v) is 4.98. The third kappa shape index (κ3) is 5.29. The summed E-state index contributed by atoms with van der Waals surface area (Å²) in [5.41, 5.74) is 1.64. The number of anilines is 1. The monoisotopic (exact) mass is 407 g/mol. The van der Waals surface area contributed by atoms with Crippen LogP contribution in [0.5, 0.6) is 5.75 Å². The molecule has 2 aromatic carbocycles. The molecule has 30 heavy (non-hydrogen) atoms. The van der Waals surface area contributed by atoms with Crippen LogP contribution in [0.1, 0.15) is 19.4 Å². The first-order valence-corrected chi connectivity index (χ1v) is 9.94. The summed E-state index contributed by atoms with van der Waals surface area (Å²) in [7, 11) is 0. The third-order valence-electron chi connectivity index (χ3n) is 4.98. The molecule has 156 valence electrons. The number of nitriles is 1. The van der Waals surface area contributed by atoms with E-state index in [1.54, 1.807) is 43.0 Å². The van der Waals surface area contributed by atoms with Crippen molar-refractivity contribution in [1.29, 1.82) is 5.26 Å². The number of esters is 1. The van der Waals surface area contributed by atoms with Crippen molar-refractivity contribution in [3.63, 3.8) is 0 Å². The van der Waals surface area contributed by atoms with E-state index in [1.807, 2.05) is 24.3 Å². The standard InChI is InChI=1S/C23H25N3O4/c1-17(30-23(28)18(2)29-21-10-8-19(16-24)9-11-21)22(27)26-14-12-25(13-15-26)20-6-4-3-5-7-20/h3-11,17-18H,12-15H2,1-2H3/t17-,18+/m1/s1. The van der Waals surface area contributed by atoms with Crippen LogP contribution in [0.4, 0.5) is 5.69 Å². The summed E-state index contributed by atoms with van der Waals surface area (Å²) >= 11 is 0. The number of carbonyl (C=O) groups excluding carboxylic acids is 2. The molecule has 2 aromatic rings. The minimum absolute atomic E-state index is 0.207. The maximum Gasteiger partial charge on any atom is 0.347 e. The largest absolute Gasteiger partial charge is 0.479 e. The summed E-state index contributed by atoms with van der Waals surface area (Å²) < 4.78 is 10.9. The van der Waals surface area contributed by atoms with E-state index in [1.165, 1.54) is 0 Å². The second-order valence-electron chi connectivity index (χ2n) is 7.12. The van der Waals surface area contributed by atoms with Gasteiger partial charge in [-0.15, -0.1) is 0 Å². The van der Waals surface area contributed by atoms with Gasteiger partial charge in [0.25, 0.3) is 5.91 Å². The van der Waals surface area contributed by atoms with Gasteiger partial charge < -0.3 is 19.3 Å². The van der Waals surface area contributed by atoms with Gasteiger partial charge in [0.1, 0.15) is 5.75 Å². The second kappa shape index (κ2) is 9.79. The average Bonchev–Trinajstić information content (AvgIpc) is 2.79. The molecule has 1 fully saturated rings. The van der Waals surface area contributed by atoms with Crippen LogP contribution >= 0.6 is 0 Å². The molecule has 1 amide bonds. The number of rotatable bonds is 6. The number of nitrogens with zero attached hydrogens (tertiary/aromatic N) is 3. The molecular weight excluding hydrogens is 382 g/mol. The van der Waals surface area contributed by atoms with Crippen molar-refractivity contribution in [3.05, 3.63) is 60.2 Å². The average molecular weight is 407 g/mol. The molecule has 2 atom stereocenters. The van der Waals surface area contributed by atoms with Gasteiger partial charge in [0.2, 0.25) is 0 Å². The topological polar surface area (TPSA) is 82.9 Å². The lowest BCUT2D eigenvalue weighted by Gasteiger charge is -2.37. The van der Waals surface area contributed by atoms with E-state index in [2.05, 4.69) is 17.0 Å².